The highest BCUT2D eigenvalue weighted by Crippen LogP contribution is 2.33. The maximum absolute atomic E-state index is 13.8. The molecule has 2 N–H and O–H groups in total. The van der Waals surface area contributed by atoms with Crippen LogP contribution in [-0.4, -0.2) is 78.5 Å². The number of ether oxygens (including phenoxy) is 3. The summed E-state index contributed by atoms with van der Waals surface area (Å²) in [7, 11) is -3.97. The van der Waals surface area contributed by atoms with Gasteiger partial charge in [0.2, 0.25) is 15.9 Å². The molecule has 0 saturated carbocycles. The summed E-state index contributed by atoms with van der Waals surface area (Å²) < 4.78 is 47.5. The van der Waals surface area contributed by atoms with Crippen LogP contribution in [-0.2, 0) is 27.9 Å². The Kier molecular flexibility index (Phi) is 8.92. The summed E-state index contributed by atoms with van der Waals surface area (Å²) >= 11 is 0. The number of nitrogens with zero attached hydrogens (tertiary/aromatic N) is 4. The first-order valence-electron chi connectivity index (χ1n) is 13.8. The number of sulfonamides is 1. The number of aryl methyl sites for hydroxylation is 2. The van der Waals surface area contributed by atoms with Crippen molar-refractivity contribution in [1.82, 2.24) is 29.9 Å². The first-order valence-corrected chi connectivity index (χ1v) is 15.3. The van der Waals surface area contributed by atoms with Crippen LogP contribution >= 0.6 is 0 Å². The molecule has 5 rings (SSSR count). The molecule has 0 saturated heterocycles. The third-order valence-corrected chi connectivity index (χ3v) is 8.71. The van der Waals surface area contributed by atoms with Crippen LogP contribution < -0.4 is 24.8 Å². The summed E-state index contributed by atoms with van der Waals surface area (Å²) in [5.74, 6) is 0.471. The Balaban J connectivity index is 1.37. The van der Waals surface area contributed by atoms with Gasteiger partial charge in [-0.3, -0.25) is 14.3 Å². The summed E-state index contributed by atoms with van der Waals surface area (Å²) in [6, 6.07) is 8.98. The average Bonchev–Trinajstić information content (AvgIpc) is 3.43. The molecule has 1 aromatic heterocycles. The van der Waals surface area contributed by atoms with E-state index in [1.807, 2.05) is 13.0 Å². The van der Waals surface area contributed by atoms with Gasteiger partial charge in [-0.05, 0) is 50.1 Å². The van der Waals surface area contributed by atoms with Crippen molar-refractivity contribution in [1.29, 1.82) is 0 Å². The third kappa shape index (κ3) is 6.82. The normalized spacial score (nSPS) is 19.2. The Labute approximate surface area is 244 Å². The van der Waals surface area contributed by atoms with Gasteiger partial charge in [0.15, 0.2) is 11.5 Å². The van der Waals surface area contributed by atoms with E-state index in [-0.39, 0.29) is 30.4 Å². The van der Waals surface area contributed by atoms with Crippen molar-refractivity contribution in [3.63, 3.8) is 0 Å². The fourth-order valence-electron chi connectivity index (χ4n) is 4.62. The van der Waals surface area contributed by atoms with Crippen molar-refractivity contribution in [2.75, 3.05) is 32.9 Å². The van der Waals surface area contributed by atoms with Crippen molar-refractivity contribution in [2.45, 2.75) is 50.7 Å². The Morgan fingerprint density at radius 2 is 1.71 bits per heavy atom. The molecule has 0 fully saturated rings. The summed E-state index contributed by atoms with van der Waals surface area (Å²) in [5, 5.41) is 13.8. The highest BCUT2D eigenvalue weighted by Gasteiger charge is 2.28. The van der Waals surface area contributed by atoms with E-state index in [1.165, 1.54) is 16.4 Å². The molecular formula is C28H34N6O7S. The van der Waals surface area contributed by atoms with Gasteiger partial charge in [-0.15, -0.1) is 5.10 Å². The molecule has 42 heavy (non-hydrogen) atoms. The monoisotopic (exact) mass is 598 g/mol. The zero-order valence-corrected chi connectivity index (χ0v) is 24.4. The molecule has 2 bridgehead atoms. The predicted molar refractivity (Wildman–Crippen MR) is 151 cm³/mol. The molecule has 2 aromatic carbocycles. The molecular weight excluding hydrogens is 564 g/mol. The van der Waals surface area contributed by atoms with Gasteiger partial charge in [-0.1, -0.05) is 11.3 Å². The Hall–Kier alpha value is -4.17. The molecule has 0 unspecified atom stereocenters. The number of benzene rings is 2. The largest absolute Gasteiger partial charge is 0.493 e. The van der Waals surface area contributed by atoms with Gasteiger partial charge in [-0.25, -0.2) is 8.42 Å². The van der Waals surface area contributed by atoms with Crippen LogP contribution in [0.3, 0.4) is 0 Å². The minimum absolute atomic E-state index is 0.0136. The quantitative estimate of drug-likeness (QED) is 0.448. The minimum atomic E-state index is -3.97. The Morgan fingerprint density at radius 3 is 2.55 bits per heavy atom. The van der Waals surface area contributed by atoms with Crippen LogP contribution in [0.15, 0.2) is 47.5 Å². The number of rotatable bonds is 2. The summed E-state index contributed by atoms with van der Waals surface area (Å²) in [4.78, 5) is 25.8. The van der Waals surface area contributed by atoms with Crippen molar-refractivity contribution < 1.29 is 32.2 Å². The SMILES string of the molecule is Cc1ccc2c(c1)OCCCn1cc(nn1)CN(S(=O)(=O)c1ccc3c(c1)OCCO3)CCCNC(=O)[C@@H](C)NC2=O. The smallest absolute Gasteiger partial charge is 0.255 e. The van der Waals surface area contributed by atoms with Crippen molar-refractivity contribution in [2.24, 2.45) is 0 Å². The zero-order chi connectivity index (χ0) is 29.7. The molecule has 3 aromatic rings. The van der Waals surface area contributed by atoms with E-state index >= 15 is 0 Å². The number of carbonyl (C=O) groups excluding carboxylic acids is 2. The second kappa shape index (κ2) is 12.8. The molecule has 0 aliphatic carbocycles. The molecule has 13 nitrogen and oxygen atoms in total. The fraction of sp³-hybridized carbons (Fsp3) is 0.429. The second-order valence-electron chi connectivity index (χ2n) is 10.2. The predicted octanol–water partition coefficient (Wildman–Crippen LogP) is 1.66. The first-order chi connectivity index (χ1) is 20.2. The van der Waals surface area contributed by atoms with E-state index in [1.54, 1.807) is 36.0 Å². The van der Waals surface area contributed by atoms with Crippen LogP contribution in [0.1, 0.15) is 41.4 Å². The summed E-state index contributed by atoms with van der Waals surface area (Å²) in [6.07, 6.45) is 2.59. The van der Waals surface area contributed by atoms with E-state index in [9.17, 15) is 18.0 Å². The molecule has 14 heteroatoms. The van der Waals surface area contributed by atoms with Crippen LogP contribution in [0.4, 0.5) is 0 Å². The second-order valence-corrected chi connectivity index (χ2v) is 12.1. The van der Waals surface area contributed by atoms with Crippen LogP contribution in [0, 0.1) is 6.92 Å². The van der Waals surface area contributed by atoms with Gasteiger partial charge in [0.1, 0.15) is 25.0 Å². The van der Waals surface area contributed by atoms with Gasteiger partial charge in [0.25, 0.3) is 5.91 Å². The molecule has 0 spiro atoms. The molecule has 1 atom stereocenters. The van der Waals surface area contributed by atoms with E-state index < -0.39 is 22.0 Å². The highest BCUT2D eigenvalue weighted by atomic mass is 32.2. The molecule has 224 valence electrons. The van der Waals surface area contributed by atoms with Gasteiger partial charge >= 0.3 is 0 Å². The van der Waals surface area contributed by atoms with Gasteiger partial charge < -0.3 is 24.8 Å². The number of hydrogen-bond acceptors (Lipinski definition) is 9. The molecule has 2 aliphatic heterocycles. The van der Waals surface area contributed by atoms with E-state index in [2.05, 4.69) is 20.9 Å². The summed E-state index contributed by atoms with van der Waals surface area (Å²) in [6.45, 7) is 5.28. The van der Waals surface area contributed by atoms with Gasteiger partial charge in [-0.2, -0.15) is 4.31 Å². The van der Waals surface area contributed by atoms with E-state index in [0.717, 1.165) is 5.56 Å². The lowest BCUT2D eigenvalue weighted by Gasteiger charge is -2.23. The van der Waals surface area contributed by atoms with Crippen LogP contribution in [0.2, 0.25) is 0 Å². The van der Waals surface area contributed by atoms with Gasteiger partial charge in [0, 0.05) is 38.3 Å². The molecule has 2 aliphatic rings. The fourth-order valence-corrected chi connectivity index (χ4v) is 6.09. The summed E-state index contributed by atoms with van der Waals surface area (Å²) in [5.41, 5.74) is 1.74. The number of fused-ring (bicyclic) bond motifs is 4. The maximum Gasteiger partial charge on any atom is 0.255 e. The van der Waals surface area contributed by atoms with Gasteiger partial charge in [0.05, 0.1) is 29.3 Å². The lowest BCUT2D eigenvalue weighted by Crippen LogP contribution is -2.45. The topological polar surface area (TPSA) is 154 Å². The third-order valence-electron chi connectivity index (χ3n) is 6.87. The lowest BCUT2D eigenvalue weighted by molar-refractivity contribution is -0.122. The highest BCUT2D eigenvalue weighted by molar-refractivity contribution is 7.89. The molecule has 2 amide bonds. The lowest BCUT2D eigenvalue weighted by atomic mass is 10.1. The van der Waals surface area contributed by atoms with Crippen LogP contribution in [0.5, 0.6) is 17.2 Å². The van der Waals surface area contributed by atoms with Crippen LogP contribution in [0.25, 0.3) is 0 Å². The number of amides is 2. The van der Waals surface area contributed by atoms with Crippen molar-refractivity contribution in [3.8, 4) is 17.2 Å². The average molecular weight is 599 g/mol. The van der Waals surface area contributed by atoms with E-state index in [4.69, 9.17) is 14.2 Å². The van der Waals surface area contributed by atoms with Crippen molar-refractivity contribution in [3.05, 3.63) is 59.4 Å². The standard InChI is InChI=1S/C28H34N6O7S/c1-19-5-7-23-25(15-19)39-12-4-10-33-17-21(31-32-33)18-34(11-3-9-29-27(35)20(2)30-28(23)36)42(37,38)22-6-8-24-26(16-22)41-14-13-40-24/h5-8,15-17,20H,3-4,9-14,18H2,1-2H3,(H,29,35)(H,30,36)/t20-/m1/s1. The zero-order valence-electron chi connectivity index (χ0n) is 23.5. The number of aromatic nitrogens is 3. The van der Waals surface area contributed by atoms with E-state index in [0.29, 0.717) is 67.7 Å². The maximum atomic E-state index is 13.8. The molecule has 3 heterocycles. The molecule has 0 radical (unpaired) electrons. The van der Waals surface area contributed by atoms with Crippen molar-refractivity contribution >= 4 is 21.8 Å². The minimum Gasteiger partial charge on any atom is -0.493 e. The number of hydrogen-bond donors (Lipinski definition) is 2. The first kappa shape index (κ1) is 29.3. The number of nitrogens with one attached hydrogen (secondary N) is 2. The Morgan fingerprint density at radius 1 is 0.929 bits per heavy atom. The number of carbonyl (C=O) groups is 2. The Bertz CT molecular complexity index is 1560.